The van der Waals surface area contributed by atoms with Crippen molar-refractivity contribution in [3.8, 4) is 5.88 Å². The lowest BCUT2D eigenvalue weighted by atomic mass is 10.2. The molecule has 0 fully saturated rings. The minimum Gasteiger partial charge on any atom is -0.474 e. The summed E-state index contributed by atoms with van der Waals surface area (Å²) < 4.78 is 11.2. The van der Waals surface area contributed by atoms with Crippen molar-refractivity contribution >= 4 is 22.4 Å². The molecule has 0 aliphatic carbocycles. The molecule has 4 nitrogen and oxygen atoms in total. The van der Waals surface area contributed by atoms with E-state index in [-0.39, 0.29) is 5.60 Å². The summed E-state index contributed by atoms with van der Waals surface area (Å²) in [6, 6.07) is 7.63. The second-order valence-corrected chi connectivity index (χ2v) is 5.51. The molecule has 2 aromatic rings. The van der Waals surface area contributed by atoms with Gasteiger partial charge >= 0.3 is 0 Å². The predicted octanol–water partition coefficient (Wildman–Crippen LogP) is 3.48. The van der Waals surface area contributed by atoms with E-state index >= 15 is 0 Å². The van der Waals surface area contributed by atoms with E-state index in [4.69, 9.17) is 21.1 Å². The zero-order valence-electron chi connectivity index (χ0n) is 11.3. The molecule has 1 aromatic carbocycles. The lowest BCUT2D eigenvalue weighted by molar-refractivity contribution is -0.0167. The summed E-state index contributed by atoms with van der Waals surface area (Å²) in [5.41, 5.74) is -0.170. The van der Waals surface area contributed by atoms with Crippen LogP contribution in [-0.4, -0.2) is 29.0 Å². The fourth-order valence-corrected chi connectivity index (χ4v) is 1.84. The largest absolute Gasteiger partial charge is 0.474 e. The normalized spacial score (nSPS) is 11.8. The summed E-state index contributed by atoms with van der Waals surface area (Å²) in [6.45, 7) is 6.94. The highest BCUT2D eigenvalue weighted by Crippen LogP contribution is 2.26. The van der Waals surface area contributed by atoms with Crippen molar-refractivity contribution in [2.45, 2.75) is 26.4 Å². The number of hydrogen-bond donors (Lipinski definition) is 0. The van der Waals surface area contributed by atoms with Crippen LogP contribution in [0.3, 0.4) is 0 Å². The first kappa shape index (κ1) is 14.0. The highest BCUT2D eigenvalue weighted by Gasteiger charge is 2.11. The van der Waals surface area contributed by atoms with Gasteiger partial charge in [-0.3, -0.25) is 0 Å². The van der Waals surface area contributed by atoms with E-state index in [1.54, 1.807) is 0 Å². The predicted molar refractivity (Wildman–Crippen MR) is 75.7 cm³/mol. The number of benzene rings is 1. The summed E-state index contributed by atoms with van der Waals surface area (Å²) in [6.07, 6.45) is 0. The molecule has 102 valence electrons. The van der Waals surface area contributed by atoms with Crippen LogP contribution in [0.25, 0.3) is 10.8 Å². The Balaban J connectivity index is 2.07. The lowest BCUT2D eigenvalue weighted by Gasteiger charge is -2.19. The number of fused-ring (bicyclic) bond motifs is 1. The van der Waals surface area contributed by atoms with Crippen LogP contribution >= 0.6 is 11.6 Å². The fraction of sp³-hybridized carbons (Fsp3) is 0.429. The Hall–Kier alpha value is -1.39. The van der Waals surface area contributed by atoms with E-state index in [1.165, 1.54) is 0 Å². The molecule has 0 N–H and O–H groups in total. The average molecular weight is 281 g/mol. The molecule has 0 amide bonds. The highest BCUT2D eigenvalue weighted by molar-refractivity contribution is 6.34. The average Bonchev–Trinajstić information content (AvgIpc) is 2.36. The Labute approximate surface area is 117 Å². The van der Waals surface area contributed by atoms with Gasteiger partial charge in [-0.05, 0) is 26.8 Å². The van der Waals surface area contributed by atoms with Gasteiger partial charge in [0.05, 0.1) is 12.2 Å². The third-order valence-electron chi connectivity index (χ3n) is 2.47. The van der Waals surface area contributed by atoms with Crippen molar-refractivity contribution in [1.82, 2.24) is 10.2 Å². The van der Waals surface area contributed by atoms with Gasteiger partial charge in [-0.15, -0.1) is 10.2 Å². The molecule has 0 aliphatic heterocycles. The number of nitrogens with zero attached hydrogens (tertiary/aromatic N) is 2. The Morgan fingerprint density at radius 2 is 1.74 bits per heavy atom. The second-order valence-electron chi connectivity index (χ2n) is 5.15. The van der Waals surface area contributed by atoms with Crippen LogP contribution in [0.1, 0.15) is 20.8 Å². The van der Waals surface area contributed by atoms with Crippen LogP contribution in [0.15, 0.2) is 24.3 Å². The van der Waals surface area contributed by atoms with Gasteiger partial charge in [0.2, 0.25) is 5.88 Å². The molecule has 0 aliphatic rings. The summed E-state index contributed by atoms with van der Waals surface area (Å²) in [4.78, 5) is 0. The quantitative estimate of drug-likeness (QED) is 0.804. The molecule has 1 heterocycles. The van der Waals surface area contributed by atoms with Gasteiger partial charge in [0.15, 0.2) is 5.15 Å². The van der Waals surface area contributed by atoms with Crippen molar-refractivity contribution in [2.75, 3.05) is 13.2 Å². The summed E-state index contributed by atoms with van der Waals surface area (Å²) in [7, 11) is 0. The Bertz CT molecular complexity index is 567. The first-order chi connectivity index (χ1) is 8.97. The van der Waals surface area contributed by atoms with E-state index in [2.05, 4.69) is 10.2 Å². The van der Waals surface area contributed by atoms with Crippen molar-refractivity contribution < 1.29 is 9.47 Å². The summed E-state index contributed by atoms with van der Waals surface area (Å²) >= 11 is 6.00. The fourth-order valence-electron chi connectivity index (χ4n) is 1.64. The first-order valence-corrected chi connectivity index (χ1v) is 6.53. The van der Waals surface area contributed by atoms with E-state index in [0.29, 0.717) is 24.2 Å². The van der Waals surface area contributed by atoms with Crippen molar-refractivity contribution in [1.29, 1.82) is 0 Å². The summed E-state index contributed by atoms with van der Waals surface area (Å²) in [5.74, 6) is 0.484. The van der Waals surface area contributed by atoms with Crippen LogP contribution in [0.4, 0.5) is 0 Å². The maximum atomic E-state index is 6.00. The number of ether oxygens (including phenoxy) is 2. The summed E-state index contributed by atoms with van der Waals surface area (Å²) in [5, 5.41) is 9.95. The molecule has 0 atom stereocenters. The van der Waals surface area contributed by atoms with Crippen molar-refractivity contribution in [2.24, 2.45) is 0 Å². The van der Waals surface area contributed by atoms with E-state index in [1.807, 2.05) is 45.0 Å². The Morgan fingerprint density at radius 1 is 1.05 bits per heavy atom. The second kappa shape index (κ2) is 5.72. The molecule has 2 rings (SSSR count). The molecular formula is C14H17ClN2O2. The topological polar surface area (TPSA) is 44.2 Å². The molecule has 0 spiro atoms. The van der Waals surface area contributed by atoms with Gasteiger partial charge in [0.1, 0.15) is 6.61 Å². The van der Waals surface area contributed by atoms with Crippen LogP contribution in [0.2, 0.25) is 5.15 Å². The van der Waals surface area contributed by atoms with E-state index < -0.39 is 0 Å². The molecule has 19 heavy (non-hydrogen) atoms. The van der Waals surface area contributed by atoms with Gasteiger partial charge in [-0.25, -0.2) is 0 Å². The standard InChI is InChI=1S/C14H17ClN2O2/c1-14(2,3)19-9-8-18-13-11-7-5-4-6-10(11)12(15)16-17-13/h4-7H,8-9H2,1-3H3. The van der Waals surface area contributed by atoms with Gasteiger partial charge in [-0.1, -0.05) is 29.8 Å². The van der Waals surface area contributed by atoms with Crippen LogP contribution in [-0.2, 0) is 4.74 Å². The number of rotatable bonds is 4. The molecular weight excluding hydrogens is 264 g/mol. The molecule has 0 bridgehead atoms. The smallest absolute Gasteiger partial charge is 0.241 e. The van der Waals surface area contributed by atoms with Gasteiger partial charge < -0.3 is 9.47 Å². The Kier molecular flexibility index (Phi) is 4.22. The lowest BCUT2D eigenvalue weighted by Crippen LogP contribution is -2.22. The highest BCUT2D eigenvalue weighted by atomic mass is 35.5. The molecule has 1 aromatic heterocycles. The molecule has 0 radical (unpaired) electrons. The Morgan fingerprint density at radius 3 is 2.42 bits per heavy atom. The minimum absolute atomic E-state index is 0.170. The van der Waals surface area contributed by atoms with Crippen LogP contribution in [0.5, 0.6) is 5.88 Å². The van der Waals surface area contributed by atoms with Crippen molar-refractivity contribution in [3.63, 3.8) is 0 Å². The minimum atomic E-state index is -0.170. The van der Waals surface area contributed by atoms with Gasteiger partial charge in [0, 0.05) is 10.8 Å². The zero-order chi connectivity index (χ0) is 13.9. The molecule has 0 unspecified atom stereocenters. The van der Waals surface area contributed by atoms with Crippen LogP contribution in [0, 0.1) is 0 Å². The molecule has 0 saturated heterocycles. The van der Waals surface area contributed by atoms with E-state index in [0.717, 1.165) is 10.8 Å². The van der Waals surface area contributed by atoms with Crippen molar-refractivity contribution in [3.05, 3.63) is 29.4 Å². The molecule has 0 saturated carbocycles. The number of hydrogen-bond acceptors (Lipinski definition) is 4. The third kappa shape index (κ3) is 3.78. The first-order valence-electron chi connectivity index (χ1n) is 6.15. The number of aromatic nitrogens is 2. The SMILES string of the molecule is CC(C)(C)OCCOc1nnc(Cl)c2ccccc12. The monoisotopic (exact) mass is 280 g/mol. The third-order valence-corrected chi connectivity index (χ3v) is 2.74. The molecule has 5 heteroatoms. The van der Waals surface area contributed by atoms with Crippen LogP contribution < -0.4 is 4.74 Å². The maximum Gasteiger partial charge on any atom is 0.241 e. The maximum absolute atomic E-state index is 6.00. The van der Waals surface area contributed by atoms with Gasteiger partial charge in [-0.2, -0.15) is 0 Å². The number of halogens is 1. The van der Waals surface area contributed by atoms with E-state index in [9.17, 15) is 0 Å². The van der Waals surface area contributed by atoms with Gasteiger partial charge in [0.25, 0.3) is 0 Å². The zero-order valence-corrected chi connectivity index (χ0v) is 12.1.